The number of rotatable bonds is 5. The Hall–Kier alpha value is -0.890. The molecule has 3 rings (SSSR count). The second kappa shape index (κ2) is 6.08. The van der Waals surface area contributed by atoms with E-state index in [1.54, 1.807) is 12.1 Å². The van der Waals surface area contributed by atoms with Crippen LogP contribution >= 0.6 is 0 Å². The van der Waals surface area contributed by atoms with Gasteiger partial charge in [-0.25, -0.2) is 4.39 Å². The molecule has 2 bridgehead atoms. The van der Waals surface area contributed by atoms with Crippen molar-refractivity contribution >= 4 is 0 Å². The summed E-state index contributed by atoms with van der Waals surface area (Å²) in [6.07, 6.45) is 6.77. The number of benzene rings is 1. The van der Waals surface area contributed by atoms with Crippen molar-refractivity contribution in [2.45, 2.75) is 58.9 Å². The smallest absolute Gasteiger partial charge is 0.123 e. The maximum absolute atomic E-state index is 13.6. The van der Waals surface area contributed by atoms with E-state index in [4.69, 9.17) is 0 Å². The third-order valence-corrected chi connectivity index (χ3v) is 5.70. The van der Waals surface area contributed by atoms with Gasteiger partial charge in [0.1, 0.15) is 5.82 Å². The van der Waals surface area contributed by atoms with Gasteiger partial charge in [-0.3, -0.25) is 0 Å². The standard InChI is InChI=1S/C19H28FN/c1-4-7-21-19(17-11-14-5-6-15(17)10-14)18-12(2)8-16(20)9-13(18)3/h8-9,14-15,17,19,21H,4-7,10-11H2,1-3H3. The Labute approximate surface area is 128 Å². The van der Waals surface area contributed by atoms with Crippen molar-refractivity contribution in [3.63, 3.8) is 0 Å². The lowest BCUT2D eigenvalue weighted by Gasteiger charge is -2.33. The van der Waals surface area contributed by atoms with Crippen LogP contribution in [0.3, 0.4) is 0 Å². The van der Waals surface area contributed by atoms with Gasteiger partial charge in [0.05, 0.1) is 0 Å². The quantitative estimate of drug-likeness (QED) is 0.811. The van der Waals surface area contributed by atoms with Gasteiger partial charge in [0, 0.05) is 6.04 Å². The average Bonchev–Trinajstić information content (AvgIpc) is 3.03. The fourth-order valence-electron chi connectivity index (χ4n) is 4.88. The zero-order valence-electron chi connectivity index (χ0n) is 13.6. The maximum atomic E-state index is 13.6. The highest BCUT2D eigenvalue weighted by molar-refractivity contribution is 5.37. The summed E-state index contributed by atoms with van der Waals surface area (Å²) < 4.78 is 13.6. The maximum Gasteiger partial charge on any atom is 0.123 e. The predicted octanol–water partition coefficient (Wildman–Crippen LogP) is 4.92. The Bertz CT molecular complexity index is 487. The second-order valence-corrected chi connectivity index (χ2v) is 7.22. The average molecular weight is 289 g/mol. The van der Waals surface area contributed by atoms with E-state index in [1.165, 1.54) is 31.2 Å². The van der Waals surface area contributed by atoms with Crippen LogP contribution in [0.25, 0.3) is 0 Å². The molecule has 2 heteroatoms. The van der Waals surface area contributed by atoms with E-state index in [0.717, 1.165) is 41.8 Å². The number of halogens is 1. The van der Waals surface area contributed by atoms with Gasteiger partial charge in [-0.2, -0.15) is 0 Å². The van der Waals surface area contributed by atoms with Crippen molar-refractivity contribution in [3.05, 3.63) is 34.6 Å². The number of aryl methyl sites for hydroxylation is 2. The molecule has 21 heavy (non-hydrogen) atoms. The summed E-state index contributed by atoms with van der Waals surface area (Å²) >= 11 is 0. The lowest BCUT2D eigenvalue weighted by Crippen LogP contribution is -2.33. The Kier molecular flexibility index (Phi) is 4.35. The predicted molar refractivity (Wildman–Crippen MR) is 85.8 cm³/mol. The minimum absolute atomic E-state index is 0.101. The fraction of sp³-hybridized carbons (Fsp3) is 0.684. The molecule has 4 unspecified atom stereocenters. The van der Waals surface area contributed by atoms with Gasteiger partial charge in [0.15, 0.2) is 0 Å². The van der Waals surface area contributed by atoms with Crippen molar-refractivity contribution in [3.8, 4) is 0 Å². The van der Waals surface area contributed by atoms with Gasteiger partial charge in [0.2, 0.25) is 0 Å². The first-order valence-corrected chi connectivity index (χ1v) is 8.60. The van der Waals surface area contributed by atoms with Crippen LogP contribution in [0.2, 0.25) is 0 Å². The molecular formula is C19H28FN. The lowest BCUT2D eigenvalue weighted by molar-refractivity contribution is 0.249. The first-order valence-electron chi connectivity index (χ1n) is 8.60. The van der Waals surface area contributed by atoms with Gasteiger partial charge in [0.25, 0.3) is 0 Å². The third-order valence-electron chi connectivity index (χ3n) is 5.70. The van der Waals surface area contributed by atoms with E-state index in [1.807, 2.05) is 0 Å². The van der Waals surface area contributed by atoms with Crippen LogP contribution in [0.1, 0.15) is 61.8 Å². The molecule has 0 aromatic heterocycles. The number of nitrogens with one attached hydrogen (secondary N) is 1. The van der Waals surface area contributed by atoms with Crippen LogP contribution in [0.4, 0.5) is 4.39 Å². The molecule has 2 fully saturated rings. The summed E-state index contributed by atoms with van der Waals surface area (Å²) in [5, 5.41) is 3.79. The molecular weight excluding hydrogens is 261 g/mol. The van der Waals surface area contributed by atoms with Crippen molar-refractivity contribution < 1.29 is 4.39 Å². The number of hydrogen-bond acceptors (Lipinski definition) is 1. The van der Waals surface area contributed by atoms with E-state index >= 15 is 0 Å². The van der Waals surface area contributed by atoms with E-state index < -0.39 is 0 Å². The topological polar surface area (TPSA) is 12.0 Å². The molecule has 4 atom stereocenters. The lowest BCUT2D eigenvalue weighted by atomic mass is 9.78. The molecule has 0 saturated heterocycles. The monoisotopic (exact) mass is 289 g/mol. The molecule has 2 aliphatic carbocycles. The van der Waals surface area contributed by atoms with Crippen molar-refractivity contribution in [2.75, 3.05) is 6.54 Å². The third kappa shape index (κ3) is 2.88. The zero-order valence-corrected chi connectivity index (χ0v) is 13.6. The molecule has 2 aliphatic rings. The van der Waals surface area contributed by atoms with E-state index in [9.17, 15) is 4.39 Å². The minimum atomic E-state index is -0.101. The van der Waals surface area contributed by atoms with Crippen molar-refractivity contribution in [2.24, 2.45) is 17.8 Å². The van der Waals surface area contributed by atoms with Crippen LogP contribution in [0.15, 0.2) is 12.1 Å². The van der Waals surface area contributed by atoms with Crippen LogP contribution < -0.4 is 5.32 Å². The zero-order chi connectivity index (χ0) is 15.0. The fourth-order valence-corrected chi connectivity index (χ4v) is 4.88. The van der Waals surface area contributed by atoms with Crippen molar-refractivity contribution in [1.82, 2.24) is 5.32 Å². The Balaban J connectivity index is 1.92. The van der Waals surface area contributed by atoms with Gasteiger partial charge in [-0.15, -0.1) is 0 Å². The molecule has 0 spiro atoms. The van der Waals surface area contributed by atoms with Gasteiger partial charge >= 0.3 is 0 Å². The number of hydrogen-bond donors (Lipinski definition) is 1. The van der Waals surface area contributed by atoms with Gasteiger partial charge in [-0.05, 0) is 92.7 Å². The van der Waals surface area contributed by atoms with Crippen LogP contribution in [0.5, 0.6) is 0 Å². The molecule has 0 aliphatic heterocycles. The highest BCUT2D eigenvalue weighted by Crippen LogP contribution is 2.53. The van der Waals surface area contributed by atoms with Gasteiger partial charge in [-0.1, -0.05) is 13.3 Å². The SMILES string of the molecule is CCCNC(c1c(C)cc(F)cc1C)C1CC2CCC1C2. The van der Waals surface area contributed by atoms with Crippen LogP contribution in [-0.2, 0) is 0 Å². The molecule has 1 N–H and O–H groups in total. The van der Waals surface area contributed by atoms with Crippen molar-refractivity contribution in [1.29, 1.82) is 0 Å². The molecule has 116 valence electrons. The summed E-state index contributed by atoms with van der Waals surface area (Å²) in [6, 6.07) is 3.83. The molecule has 0 radical (unpaired) electrons. The number of fused-ring (bicyclic) bond motifs is 2. The van der Waals surface area contributed by atoms with Gasteiger partial charge < -0.3 is 5.32 Å². The molecule has 0 heterocycles. The van der Waals surface area contributed by atoms with E-state index in [0.29, 0.717) is 6.04 Å². The normalized spacial score (nSPS) is 29.0. The Morgan fingerprint density at radius 2 is 1.90 bits per heavy atom. The molecule has 2 saturated carbocycles. The first-order chi connectivity index (χ1) is 10.1. The molecule has 1 nitrogen and oxygen atoms in total. The van der Waals surface area contributed by atoms with E-state index in [-0.39, 0.29) is 5.82 Å². The molecule has 1 aromatic rings. The summed E-state index contributed by atoms with van der Waals surface area (Å²) in [4.78, 5) is 0. The molecule has 1 aromatic carbocycles. The minimum Gasteiger partial charge on any atom is -0.310 e. The molecule has 0 amide bonds. The first kappa shape index (κ1) is 15.0. The largest absolute Gasteiger partial charge is 0.310 e. The van der Waals surface area contributed by atoms with Crippen LogP contribution in [0, 0.1) is 37.4 Å². The van der Waals surface area contributed by atoms with Crippen LogP contribution in [-0.4, -0.2) is 6.54 Å². The summed E-state index contributed by atoms with van der Waals surface area (Å²) in [5.41, 5.74) is 3.59. The summed E-state index contributed by atoms with van der Waals surface area (Å²) in [6.45, 7) is 7.41. The second-order valence-electron chi connectivity index (χ2n) is 7.22. The highest BCUT2D eigenvalue weighted by Gasteiger charge is 2.43. The summed E-state index contributed by atoms with van der Waals surface area (Å²) in [5.74, 6) is 2.48. The van der Waals surface area contributed by atoms with E-state index in [2.05, 4.69) is 26.1 Å². The Morgan fingerprint density at radius 1 is 1.19 bits per heavy atom. The Morgan fingerprint density at radius 3 is 2.43 bits per heavy atom. The highest BCUT2D eigenvalue weighted by atomic mass is 19.1. The summed E-state index contributed by atoms with van der Waals surface area (Å²) in [7, 11) is 0.